The molecule has 10 heteroatoms. The molecule has 1 aromatic heterocycles. The summed E-state index contributed by atoms with van der Waals surface area (Å²) in [4.78, 5) is 34.7. The number of nitrogens with one attached hydrogen (secondary N) is 1. The number of likely N-dealkylation sites (tertiary alicyclic amines) is 1. The average Bonchev–Trinajstić information content (AvgIpc) is 3.34. The van der Waals surface area contributed by atoms with Crippen LogP contribution in [0.4, 0.5) is 9.18 Å². The Morgan fingerprint density at radius 1 is 1.12 bits per heavy atom. The minimum absolute atomic E-state index is 0.0130. The van der Waals surface area contributed by atoms with E-state index >= 15 is 0 Å². The van der Waals surface area contributed by atoms with Gasteiger partial charge in [-0.15, -0.1) is 0 Å². The first-order valence-electron chi connectivity index (χ1n) is 10.9. The first-order valence-corrected chi connectivity index (χ1v) is 10.9. The molecule has 0 bridgehead atoms. The second kappa shape index (κ2) is 8.87. The number of rotatable bonds is 3. The number of piperazine rings is 1. The smallest absolute Gasteiger partial charge is 0.320 e. The van der Waals surface area contributed by atoms with E-state index in [1.54, 1.807) is 23.2 Å². The maximum Gasteiger partial charge on any atom is 0.320 e. The van der Waals surface area contributed by atoms with Gasteiger partial charge >= 0.3 is 6.03 Å². The van der Waals surface area contributed by atoms with Crippen molar-refractivity contribution in [2.75, 3.05) is 45.9 Å². The highest BCUT2D eigenvalue weighted by atomic mass is 19.1. The van der Waals surface area contributed by atoms with Crippen LogP contribution in [0.1, 0.15) is 23.8 Å². The number of carbonyl (C=O) groups excluding carboxylic acids is 2. The summed E-state index contributed by atoms with van der Waals surface area (Å²) in [7, 11) is 0. The molecule has 170 valence electrons. The summed E-state index contributed by atoms with van der Waals surface area (Å²) < 4.78 is 24.6. The molecule has 3 atom stereocenters. The molecule has 9 nitrogen and oxygen atoms in total. The summed E-state index contributed by atoms with van der Waals surface area (Å²) in [6, 6.07) is 6.03. The predicted molar refractivity (Wildman–Crippen MR) is 111 cm³/mol. The molecule has 1 aromatic carbocycles. The van der Waals surface area contributed by atoms with Crippen LogP contribution in [-0.4, -0.2) is 89.6 Å². The van der Waals surface area contributed by atoms with Gasteiger partial charge in [-0.3, -0.25) is 9.69 Å². The number of amides is 3. The number of ether oxygens (including phenoxy) is 1. The largest absolute Gasteiger partial charge is 0.446 e. The number of aromatic nitrogens is 1. The molecule has 3 aliphatic rings. The Kier molecular flexibility index (Phi) is 5.79. The zero-order valence-corrected chi connectivity index (χ0v) is 17.7. The summed E-state index contributed by atoms with van der Waals surface area (Å²) >= 11 is 0. The van der Waals surface area contributed by atoms with Gasteiger partial charge in [0.15, 0.2) is 6.39 Å². The van der Waals surface area contributed by atoms with Crippen molar-refractivity contribution < 1.29 is 23.1 Å². The van der Waals surface area contributed by atoms with Crippen molar-refractivity contribution in [2.24, 2.45) is 0 Å². The van der Waals surface area contributed by atoms with E-state index in [1.807, 2.05) is 4.90 Å². The third kappa shape index (κ3) is 4.20. The Morgan fingerprint density at radius 2 is 1.91 bits per heavy atom. The molecule has 3 amide bonds. The molecule has 0 radical (unpaired) electrons. The third-order valence-electron chi connectivity index (χ3n) is 6.45. The van der Waals surface area contributed by atoms with Gasteiger partial charge < -0.3 is 24.3 Å². The normalized spacial score (nSPS) is 25.2. The highest BCUT2D eigenvalue weighted by Gasteiger charge is 2.38. The summed E-state index contributed by atoms with van der Waals surface area (Å²) in [5.74, 6) is 0.267. The molecule has 3 fully saturated rings. The third-order valence-corrected chi connectivity index (χ3v) is 6.45. The van der Waals surface area contributed by atoms with Crippen molar-refractivity contribution in [2.45, 2.75) is 24.6 Å². The molecule has 32 heavy (non-hydrogen) atoms. The van der Waals surface area contributed by atoms with E-state index in [9.17, 15) is 14.0 Å². The number of carbonyl (C=O) groups is 2. The van der Waals surface area contributed by atoms with Crippen LogP contribution in [0.2, 0.25) is 0 Å². The Hall–Kier alpha value is -2.98. The van der Waals surface area contributed by atoms with E-state index in [4.69, 9.17) is 9.15 Å². The monoisotopic (exact) mass is 443 g/mol. The molecule has 4 heterocycles. The number of hydrogen-bond acceptors (Lipinski definition) is 6. The van der Waals surface area contributed by atoms with E-state index in [0.29, 0.717) is 45.0 Å². The first kappa shape index (κ1) is 20.9. The van der Waals surface area contributed by atoms with Crippen molar-refractivity contribution in [3.8, 4) is 0 Å². The fraction of sp³-hybridized carbons (Fsp3) is 0.500. The molecular formula is C22H26FN5O4. The number of morpholine rings is 1. The summed E-state index contributed by atoms with van der Waals surface area (Å²) in [5.41, 5.74) is 0.915. The standard InChI is InChI=1S/C22H26FN5O4/c23-16-3-1-15(2-4-16)21(19-11-24-14-32-19)26-7-9-27(10-8-26)22(30)28-6-5-18-17(12-28)25-20(29)13-31-18/h1-4,11,14,17-18,21H,5-10,12-13H2,(H,25,29). The van der Waals surface area contributed by atoms with Gasteiger partial charge in [-0.25, -0.2) is 14.2 Å². The van der Waals surface area contributed by atoms with Crippen LogP contribution in [0.5, 0.6) is 0 Å². The van der Waals surface area contributed by atoms with Gasteiger partial charge in [0.1, 0.15) is 18.2 Å². The number of nitrogens with zero attached hydrogens (tertiary/aromatic N) is 4. The fourth-order valence-electron chi connectivity index (χ4n) is 4.81. The average molecular weight is 443 g/mol. The molecule has 3 aliphatic heterocycles. The number of piperidine rings is 1. The number of hydrogen-bond donors (Lipinski definition) is 1. The van der Waals surface area contributed by atoms with Gasteiger partial charge in [-0.1, -0.05) is 12.1 Å². The maximum atomic E-state index is 13.4. The van der Waals surface area contributed by atoms with E-state index < -0.39 is 0 Å². The van der Waals surface area contributed by atoms with E-state index in [2.05, 4.69) is 15.2 Å². The number of fused-ring (bicyclic) bond motifs is 1. The van der Waals surface area contributed by atoms with Crippen LogP contribution in [0, 0.1) is 5.82 Å². The molecule has 0 saturated carbocycles. The van der Waals surface area contributed by atoms with Crippen LogP contribution in [0.15, 0.2) is 41.3 Å². The summed E-state index contributed by atoms with van der Waals surface area (Å²) in [5, 5.41) is 2.94. The zero-order valence-electron chi connectivity index (χ0n) is 17.7. The lowest BCUT2D eigenvalue weighted by atomic mass is 10.0. The minimum atomic E-state index is -0.288. The van der Waals surface area contributed by atoms with Crippen LogP contribution < -0.4 is 5.32 Å². The number of halogens is 1. The highest BCUT2D eigenvalue weighted by molar-refractivity contribution is 5.79. The van der Waals surface area contributed by atoms with Crippen molar-refractivity contribution in [3.05, 3.63) is 54.0 Å². The van der Waals surface area contributed by atoms with E-state index in [1.165, 1.54) is 18.5 Å². The Morgan fingerprint density at radius 3 is 2.62 bits per heavy atom. The Labute approximate surface area is 185 Å². The van der Waals surface area contributed by atoms with Gasteiger partial charge in [0.2, 0.25) is 5.91 Å². The van der Waals surface area contributed by atoms with Crippen LogP contribution >= 0.6 is 0 Å². The quantitative estimate of drug-likeness (QED) is 0.768. The molecule has 2 aromatic rings. The van der Waals surface area contributed by atoms with Crippen molar-refractivity contribution in [1.82, 2.24) is 25.0 Å². The minimum Gasteiger partial charge on any atom is -0.446 e. The van der Waals surface area contributed by atoms with E-state index in [-0.39, 0.29) is 42.6 Å². The SMILES string of the molecule is O=C1COC2CCN(C(=O)N3CCN(C(c4ccc(F)cc4)c4cnco4)CC3)CC2N1. The second-order valence-corrected chi connectivity index (χ2v) is 8.42. The molecule has 0 spiro atoms. The van der Waals surface area contributed by atoms with Crippen LogP contribution in [-0.2, 0) is 9.53 Å². The van der Waals surface area contributed by atoms with Crippen molar-refractivity contribution >= 4 is 11.9 Å². The number of oxazole rings is 1. The lowest BCUT2D eigenvalue weighted by Crippen LogP contribution is -2.63. The van der Waals surface area contributed by atoms with Gasteiger partial charge in [-0.05, 0) is 24.1 Å². The molecule has 3 saturated heterocycles. The van der Waals surface area contributed by atoms with Crippen molar-refractivity contribution in [3.63, 3.8) is 0 Å². The predicted octanol–water partition coefficient (Wildman–Crippen LogP) is 1.23. The molecule has 1 N–H and O–H groups in total. The van der Waals surface area contributed by atoms with Gasteiger partial charge in [-0.2, -0.15) is 0 Å². The molecule has 0 aliphatic carbocycles. The lowest BCUT2D eigenvalue weighted by Gasteiger charge is -2.44. The topological polar surface area (TPSA) is 91.2 Å². The van der Waals surface area contributed by atoms with Gasteiger partial charge in [0.05, 0.1) is 24.4 Å². The maximum absolute atomic E-state index is 13.4. The zero-order chi connectivity index (χ0) is 22.1. The lowest BCUT2D eigenvalue weighted by molar-refractivity contribution is -0.139. The molecular weight excluding hydrogens is 417 g/mol. The van der Waals surface area contributed by atoms with E-state index in [0.717, 1.165) is 12.0 Å². The van der Waals surface area contributed by atoms with Crippen LogP contribution in [0.25, 0.3) is 0 Å². The number of urea groups is 1. The molecule has 3 unspecified atom stereocenters. The van der Waals surface area contributed by atoms with Crippen molar-refractivity contribution in [1.29, 1.82) is 0 Å². The second-order valence-electron chi connectivity index (χ2n) is 8.42. The fourth-order valence-corrected chi connectivity index (χ4v) is 4.81. The Bertz CT molecular complexity index is 946. The van der Waals surface area contributed by atoms with Gasteiger partial charge in [0, 0.05) is 39.3 Å². The summed E-state index contributed by atoms with van der Waals surface area (Å²) in [6.07, 6.45) is 3.76. The Balaban J connectivity index is 1.23. The first-order chi connectivity index (χ1) is 15.6. The number of benzene rings is 1. The highest BCUT2D eigenvalue weighted by Crippen LogP contribution is 2.30. The molecule has 5 rings (SSSR count). The van der Waals surface area contributed by atoms with Gasteiger partial charge in [0.25, 0.3) is 0 Å². The summed E-state index contributed by atoms with van der Waals surface area (Å²) in [6.45, 7) is 3.61. The van der Waals surface area contributed by atoms with Crippen LogP contribution in [0.3, 0.4) is 0 Å².